The lowest BCUT2D eigenvalue weighted by molar-refractivity contribution is -0.119. The molecule has 3 rings (SSSR count). The Hall–Kier alpha value is -2.65. The molecule has 0 spiro atoms. The molecule has 0 aliphatic carbocycles. The van der Waals surface area contributed by atoms with Crippen LogP contribution in [0.2, 0.25) is 0 Å². The Morgan fingerprint density at radius 1 is 1.21 bits per heavy atom. The molecule has 1 amide bonds. The van der Waals surface area contributed by atoms with E-state index in [-0.39, 0.29) is 23.0 Å². The van der Waals surface area contributed by atoms with E-state index in [4.69, 9.17) is 0 Å². The van der Waals surface area contributed by atoms with E-state index in [1.54, 1.807) is 19.2 Å². The number of nitrogens with one attached hydrogen (secondary N) is 1. The molecule has 2 aromatic rings. The highest BCUT2D eigenvalue weighted by Crippen LogP contribution is 2.28. The molecule has 9 heteroatoms. The first-order valence-electron chi connectivity index (χ1n) is 8.88. The second kappa shape index (κ2) is 7.76. The molecule has 1 aromatic heterocycles. The average molecular weight is 405 g/mol. The van der Waals surface area contributed by atoms with E-state index in [9.17, 15) is 18.0 Å². The molecule has 1 aliphatic rings. The van der Waals surface area contributed by atoms with Crippen LogP contribution in [0.1, 0.15) is 28.9 Å². The minimum Gasteiger partial charge on any atom is -0.464 e. The number of sulfonamides is 1. The van der Waals surface area contributed by atoms with E-state index in [1.807, 2.05) is 19.1 Å². The molecule has 1 aliphatic heterocycles. The Kier molecular flexibility index (Phi) is 5.57. The number of benzene rings is 1. The van der Waals surface area contributed by atoms with Gasteiger partial charge in [-0.05, 0) is 38.0 Å². The number of amides is 1. The fourth-order valence-electron chi connectivity index (χ4n) is 3.27. The van der Waals surface area contributed by atoms with Crippen LogP contribution in [0.3, 0.4) is 0 Å². The number of hydrogen-bond acceptors (Lipinski definition) is 5. The molecule has 0 unspecified atom stereocenters. The second-order valence-electron chi connectivity index (χ2n) is 6.79. The maximum Gasteiger partial charge on any atom is 0.354 e. The quantitative estimate of drug-likeness (QED) is 0.767. The highest BCUT2D eigenvalue weighted by Gasteiger charge is 2.40. The van der Waals surface area contributed by atoms with Crippen LogP contribution < -0.4 is 5.32 Å². The van der Waals surface area contributed by atoms with Gasteiger partial charge in [-0.1, -0.05) is 17.7 Å². The van der Waals surface area contributed by atoms with Gasteiger partial charge in [0.05, 0.1) is 7.11 Å². The van der Waals surface area contributed by atoms with Crippen molar-refractivity contribution in [2.45, 2.75) is 30.7 Å². The molecule has 2 heterocycles. The van der Waals surface area contributed by atoms with Crippen LogP contribution in [0.15, 0.2) is 41.4 Å². The van der Waals surface area contributed by atoms with Gasteiger partial charge in [0.2, 0.25) is 15.9 Å². The molecule has 0 saturated carbocycles. The van der Waals surface area contributed by atoms with E-state index >= 15 is 0 Å². The predicted molar refractivity (Wildman–Crippen MR) is 103 cm³/mol. The first-order valence-corrected chi connectivity index (χ1v) is 10.3. The summed E-state index contributed by atoms with van der Waals surface area (Å²) in [6.07, 6.45) is 2.38. The van der Waals surface area contributed by atoms with Crippen molar-refractivity contribution in [3.05, 3.63) is 47.8 Å². The number of ether oxygens (including phenoxy) is 1. The SMILES string of the molecule is COC(=O)c1cc(S(=O)(=O)N2CCC[C@H]2C(=O)Nc2ccc(C)cc2)cn1C. The molecule has 28 heavy (non-hydrogen) atoms. The van der Waals surface area contributed by atoms with Crippen molar-refractivity contribution in [3.8, 4) is 0 Å². The van der Waals surface area contributed by atoms with E-state index in [1.165, 1.54) is 28.2 Å². The number of carbonyl (C=O) groups is 2. The maximum absolute atomic E-state index is 13.1. The van der Waals surface area contributed by atoms with Gasteiger partial charge in [-0.3, -0.25) is 4.79 Å². The zero-order valence-corrected chi connectivity index (χ0v) is 16.8. The molecule has 1 N–H and O–H groups in total. The Morgan fingerprint density at radius 2 is 1.89 bits per heavy atom. The number of anilines is 1. The molecule has 1 saturated heterocycles. The molecule has 0 radical (unpaired) electrons. The topological polar surface area (TPSA) is 97.7 Å². The van der Waals surface area contributed by atoms with Gasteiger partial charge in [-0.25, -0.2) is 13.2 Å². The number of aromatic nitrogens is 1. The normalized spacial score (nSPS) is 17.5. The highest BCUT2D eigenvalue weighted by atomic mass is 32.2. The van der Waals surface area contributed by atoms with Crippen LogP contribution in [-0.4, -0.2) is 48.9 Å². The molecule has 1 atom stereocenters. The molecule has 150 valence electrons. The molecular formula is C19H23N3O5S. The van der Waals surface area contributed by atoms with E-state index in [0.717, 1.165) is 5.56 Å². The molecular weight excluding hydrogens is 382 g/mol. The fraction of sp³-hybridized carbons (Fsp3) is 0.368. The monoisotopic (exact) mass is 405 g/mol. The van der Waals surface area contributed by atoms with Crippen molar-refractivity contribution in [1.82, 2.24) is 8.87 Å². The highest BCUT2D eigenvalue weighted by molar-refractivity contribution is 7.89. The molecule has 8 nitrogen and oxygen atoms in total. The van der Waals surface area contributed by atoms with Crippen LogP contribution >= 0.6 is 0 Å². The Morgan fingerprint density at radius 3 is 2.54 bits per heavy atom. The summed E-state index contributed by atoms with van der Waals surface area (Å²) in [6.45, 7) is 2.19. The summed E-state index contributed by atoms with van der Waals surface area (Å²) >= 11 is 0. The molecule has 1 fully saturated rings. The summed E-state index contributed by atoms with van der Waals surface area (Å²) in [6, 6.07) is 7.78. The number of nitrogens with zero attached hydrogens (tertiary/aromatic N) is 2. The van der Waals surface area contributed by atoms with Gasteiger partial charge < -0.3 is 14.6 Å². The van der Waals surface area contributed by atoms with Crippen LogP contribution in [-0.2, 0) is 26.6 Å². The number of hydrogen-bond donors (Lipinski definition) is 1. The lowest BCUT2D eigenvalue weighted by Gasteiger charge is -2.23. The number of methoxy groups -OCH3 is 1. The maximum atomic E-state index is 13.1. The first kappa shape index (κ1) is 20.1. The second-order valence-corrected chi connectivity index (χ2v) is 8.68. The van der Waals surface area contributed by atoms with Crippen LogP contribution in [0.25, 0.3) is 0 Å². The van der Waals surface area contributed by atoms with Gasteiger partial charge in [0, 0.05) is 25.5 Å². The molecule has 1 aromatic carbocycles. The summed E-state index contributed by atoms with van der Waals surface area (Å²) in [4.78, 5) is 24.5. The van der Waals surface area contributed by atoms with Crippen LogP contribution in [0, 0.1) is 6.92 Å². The van der Waals surface area contributed by atoms with Gasteiger partial charge in [0.1, 0.15) is 16.6 Å². The van der Waals surface area contributed by atoms with Crippen molar-refractivity contribution >= 4 is 27.6 Å². The lowest BCUT2D eigenvalue weighted by Crippen LogP contribution is -2.43. The van der Waals surface area contributed by atoms with Crippen LogP contribution in [0.5, 0.6) is 0 Å². The zero-order valence-electron chi connectivity index (χ0n) is 16.0. The largest absolute Gasteiger partial charge is 0.464 e. The average Bonchev–Trinajstić information content (AvgIpc) is 3.30. The summed E-state index contributed by atoms with van der Waals surface area (Å²) in [7, 11) is -1.13. The standard InChI is InChI=1S/C19H23N3O5S/c1-13-6-8-14(9-7-13)20-18(23)16-5-4-10-22(16)28(25,26)15-11-17(19(24)27-3)21(2)12-15/h6-9,11-12,16H,4-5,10H2,1-3H3,(H,20,23)/t16-/m0/s1. The Bertz CT molecular complexity index is 995. The third-order valence-corrected chi connectivity index (χ3v) is 6.68. The van der Waals surface area contributed by atoms with Crippen molar-refractivity contribution in [1.29, 1.82) is 0 Å². The summed E-state index contributed by atoms with van der Waals surface area (Å²) in [5, 5.41) is 2.78. The van der Waals surface area contributed by atoms with Crippen molar-refractivity contribution in [2.24, 2.45) is 7.05 Å². The lowest BCUT2D eigenvalue weighted by atomic mass is 10.2. The van der Waals surface area contributed by atoms with Crippen LogP contribution in [0.4, 0.5) is 5.69 Å². The Labute approximate surface area is 164 Å². The van der Waals surface area contributed by atoms with Gasteiger partial charge >= 0.3 is 5.97 Å². The number of rotatable bonds is 5. The minimum absolute atomic E-state index is 0.0366. The minimum atomic E-state index is -3.93. The predicted octanol–water partition coefficient (Wildman–Crippen LogP) is 1.91. The number of esters is 1. The zero-order chi connectivity index (χ0) is 20.5. The Balaban J connectivity index is 1.84. The van der Waals surface area contributed by atoms with Crippen molar-refractivity contribution in [3.63, 3.8) is 0 Å². The van der Waals surface area contributed by atoms with Gasteiger partial charge in [0.15, 0.2) is 0 Å². The smallest absolute Gasteiger partial charge is 0.354 e. The third kappa shape index (κ3) is 3.81. The number of carbonyl (C=O) groups excluding carboxylic acids is 2. The van der Waals surface area contributed by atoms with Gasteiger partial charge in [-0.15, -0.1) is 0 Å². The first-order chi connectivity index (χ1) is 13.2. The summed E-state index contributed by atoms with van der Waals surface area (Å²) < 4.78 is 33.5. The van der Waals surface area contributed by atoms with Crippen molar-refractivity contribution in [2.75, 3.05) is 19.0 Å². The molecule has 0 bridgehead atoms. The van der Waals surface area contributed by atoms with Crippen molar-refractivity contribution < 1.29 is 22.7 Å². The summed E-state index contributed by atoms with van der Waals surface area (Å²) in [5.74, 6) is -0.993. The van der Waals surface area contributed by atoms with Gasteiger partial charge in [-0.2, -0.15) is 4.31 Å². The third-order valence-electron chi connectivity index (χ3n) is 4.81. The number of aryl methyl sites for hydroxylation is 2. The van der Waals surface area contributed by atoms with Gasteiger partial charge in [0.25, 0.3) is 0 Å². The van der Waals surface area contributed by atoms with E-state index in [0.29, 0.717) is 18.5 Å². The fourth-order valence-corrected chi connectivity index (χ4v) is 5.00. The van der Waals surface area contributed by atoms with E-state index < -0.39 is 22.0 Å². The van der Waals surface area contributed by atoms with E-state index in [2.05, 4.69) is 10.1 Å². The summed E-state index contributed by atoms with van der Waals surface area (Å²) in [5.41, 5.74) is 1.81.